The van der Waals surface area contributed by atoms with E-state index in [9.17, 15) is 8.42 Å². The second-order valence-electron chi connectivity index (χ2n) is 3.94. The predicted octanol–water partition coefficient (Wildman–Crippen LogP) is 0.682. The Morgan fingerprint density at radius 1 is 1.35 bits per heavy atom. The first kappa shape index (κ1) is 15.2. The molecule has 0 N–H and O–H groups in total. The van der Waals surface area contributed by atoms with Gasteiger partial charge < -0.3 is 9.47 Å². The molecule has 0 bridgehead atoms. The maximum absolute atomic E-state index is 12.3. The Balaban J connectivity index is 2.67. The van der Waals surface area contributed by atoms with Crippen molar-refractivity contribution in [2.75, 3.05) is 45.9 Å². The molecule has 17 heavy (non-hydrogen) atoms. The molecule has 1 saturated heterocycles. The molecule has 0 aromatic heterocycles. The number of nitrogens with zero attached hydrogens (tertiary/aromatic N) is 1. The molecule has 1 aliphatic rings. The van der Waals surface area contributed by atoms with E-state index in [-0.39, 0.29) is 5.25 Å². The molecule has 5 nitrogen and oxygen atoms in total. The minimum Gasteiger partial charge on any atom is -0.383 e. The molecule has 0 aromatic rings. The smallest absolute Gasteiger partial charge is 0.217 e. The Labute approximate surface area is 108 Å². The van der Waals surface area contributed by atoms with E-state index in [1.807, 2.05) is 0 Å². The summed E-state index contributed by atoms with van der Waals surface area (Å²) in [6.45, 7) is 2.12. The van der Waals surface area contributed by atoms with E-state index >= 15 is 0 Å². The maximum atomic E-state index is 12.3. The molecular formula is C10H20ClNO4S. The summed E-state index contributed by atoms with van der Waals surface area (Å²) >= 11 is 5.65. The number of hydrogen-bond acceptors (Lipinski definition) is 4. The van der Waals surface area contributed by atoms with Gasteiger partial charge >= 0.3 is 0 Å². The number of halogens is 1. The van der Waals surface area contributed by atoms with Gasteiger partial charge in [-0.2, -0.15) is 4.31 Å². The number of rotatable bonds is 7. The fraction of sp³-hybridized carbons (Fsp3) is 1.00. The van der Waals surface area contributed by atoms with Crippen LogP contribution in [0.15, 0.2) is 0 Å². The molecule has 0 amide bonds. The quantitative estimate of drug-likeness (QED) is 0.646. The normalized spacial score (nSPS) is 18.8. The van der Waals surface area contributed by atoms with Crippen LogP contribution in [0.2, 0.25) is 0 Å². The third-order valence-electron chi connectivity index (χ3n) is 2.83. The highest BCUT2D eigenvalue weighted by atomic mass is 35.5. The predicted molar refractivity (Wildman–Crippen MR) is 66.9 cm³/mol. The summed E-state index contributed by atoms with van der Waals surface area (Å²) in [6.07, 6.45) is 1.13. The molecule has 1 rings (SSSR count). The van der Waals surface area contributed by atoms with Crippen LogP contribution in [0.1, 0.15) is 12.8 Å². The van der Waals surface area contributed by atoms with Crippen molar-refractivity contribution < 1.29 is 17.9 Å². The second kappa shape index (κ2) is 7.53. The van der Waals surface area contributed by atoms with Crippen LogP contribution in [0.4, 0.5) is 0 Å². The Morgan fingerprint density at radius 3 is 2.53 bits per heavy atom. The SMILES string of the molecule is COCCN(CCCl)S(=O)(=O)C1CCOCC1. The van der Waals surface area contributed by atoms with E-state index in [2.05, 4.69) is 0 Å². The number of ether oxygens (including phenoxy) is 2. The van der Waals surface area contributed by atoms with Gasteiger partial charge in [0, 0.05) is 39.3 Å². The van der Waals surface area contributed by atoms with Crippen LogP contribution in [0, 0.1) is 0 Å². The van der Waals surface area contributed by atoms with Crippen molar-refractivity contribution in [2.45, 2.75) is 18.1 Å². The molecule has 1 fully saturated rings. The first-order valence-corrected chi connectivity index (χ1v) is 7.78. The molecule has 0 aromatic carbocycles. The van der Waals surface area contributed by atoms with Crippen molar-refractivity contribution in [1.29, 1.82) is 0 Å². The van der Waals surface area contributed by atoms with Crippen LogP contribution in [-0.4, -0.2) is 63.9 Å². The number of hydrogen-bond donors (Lipinski definition) is 0. The van der Waals surface area contributed by atoms with Gasteiger partial charge in [0.2, 0.25) is 10.0 Å². The highest BCUT2D eigenvalue weighted by Crippen LogP contribution is 2.19. The van der Waals surface area contributed by atoms with E-state index in [0.29, 0.717) is 51.6 Å². The van der Waals surface area contributed by atoms with Crippen molar-refractivity contribution in [3.8, 4) is 0 Å². The fourth-order valence-corrected chi connectivity index (χ4v) is 4.03. The van der Waals surface area contributed by atoms with E-state index in [0.717, 1.165) is 0 Å². The minimum atomic E-state index is -3.27. The Kier molecular flexibility index (Phi) is 6.72. The summed E-state index contributed by atoms with van der Waals surface area (Å²) in [5.41, 5.74) is 0. The summed E-state index contributed by atoms with van der Waals surface area (Å²) in [4.78, 5) is 0. The fourth-order valence-electron chi connectivity index (χ4n) is 1.84. The van der Waals surface area contributed by atoms with Crippen molar-refractivity contribution in [3.63, 3.8) is 0 Å². The topological polar surface area (TPSA) is 55.8 Å². The molecule has 1 aliphatic heterocycles. The monoisotopic (exact) mass is 285 g/mol. The van der Waals surface area contributed by atoms with Crippen LogP contribution in [-0.2, 0) is 19.5 Å². The molecule has 102 valence electrons. The van der Waals surface area contributed by atoms with E-state index in [1.165, 1.54) is 4.31 Å². The van der Waals surface area contributed by atoms with Gasteiger partial charge in [-0.3, -0.25) is 0 Å². The largest absolute Gasteiger partial charge is 0.383 e. The molecular weight excluding hydrogens is 266 g/mol. The summed E-state index contributed by atoms with van der Waals surface area (Å²) < 4.78 is 36.2. The van der Waals surface area contributed by atoms with Gasteiger partial charge in [-0.25, -0.2) is 8.42 Å². The van der Waals surface area contributed by atoms with Crippen LogP contribution in [0.25, 0.3) is 0 Å². The van der Waals surface area contributed by atoms with E-state index in [4.69, 9.17) is 21.1 Å². The van der Waals surface area contributed by atoms with Gasteiger partial charge in [-0.1, -0.05) is 0 Å². The zero-order valence-corrected chi connectivity index (χ0v) is 11.7. The average molecular weight is 286 g/mol. The van der Waals surface area contributed by atoms with Crippen molar-refractivity contribution in [3.05, 3.63) is 0 Å². The third-order valence-corrected chi connectivity index (χ3v) is 5.40. The lowest BCUT2D eigenvalue weighted by molar-refractivity contribution is 0.0968. The molecule has 0 unspecified atom stereocenters. The van der Waals surface area contributed by atoms with E-state index < -0.39 is 10.0 Å². The van der Waals surface area contributed by atoms with Crippen LogP contribution < -0.4 is 0 Å². The standard InChI is InChI=1S/C10H20ClNO4S/c1-15-9-6-12(5-4-11)17(13,14)10-2-7-16-8-3-10/h10H,2-9H2,1H3. The summed E-state index contributed by atoms with van der Waals surface area (Å²) in [5.74, 6) is 0.298. The lowest BCUT2D eigenvalue weighted by Crippen LogP contribution is -2.43. The lowest BCUT2D eigenvalue weighted by Gasteiger charge is -2.29. The number of alkyl halides is 1. The summed E-state index contributed by atoms with van der Waals surface area (Å²) in [7, 11) is -1.71. The first-order chi connectivity index (χ1) is 8.12. The molecule has 0 spiro atoms. The van der Waals surface area contributed by atoms with Crippen LogP contribution in [0.5, 0.6) is 0 Å². The maximum Gasteiger partial charge on any atom is 0.217 e. The zero-order chi connectivity index (χ0) is 12.7. The molecule has 1 heterocycles. The highest BCUT2D eigenvalue weighted by molar-refractivity contribution is 7.89. The Hall–Kier alpha value is 0.120. The van der Waals surface area contributed by atoms with Gasteiger partial charge in [0.15, 0.2) is 0 Å². The molecule has 0 aliphatic carbocycles. The van der Waals surface area contributed by atoms with E-state index in [1.54, 1.807) is 7.11 Å². The first-order valence-electron chi connectivity index (χ1n) is 5.74. The van der Waals surface area contributed by atoms with Crippen LogP contribution >= 0.6 is 11.6 Å². The minimum absolute atomic E-state index is 0.298. The molecule has 0 radical (unpaired) electrons. The molecule has 0 saturated carbocycles. The van der Waals surface area contributed by atoms with Gasteiger partial charge in [0.1, 0.15) is 0 Å². The van der Waals surface area contributed by atoms with Gasteiger partial charge in [-0.05, 0) is 12.8 Å². The zero-order valence-electron chi connectivity index (χ0n) is 10.1. The van der Waals surface area contributed by atoms with Gasteiger partial charge in [0.05, 0.1) is 11.9 Å². The third kappa shape index (κ3) is 4.37. The molecule has 7 heteroatoms. The Bertz CT molecular complexity index is 303. The Morgan fingerprint density at radius 2 is 2.00 bits per heavy atom. The number of methoxy groups -OCH3 is 1. The summed E-state index contributed by atoms with van der Waals surface area (Å²) in [6, 6.07) is 0. The lowest BCUT2D eigenvalue weighted by atomic mass is 10.2. The van der Waals surface area contributed by atoms with Crippen molar-refractivity contribution >= 4 is 21.6 Å². The summed E-state index contributed by atoms with van der Waals surface area (Å²) in [5, 5.41) is -0.337. The van der Waals surface area contributed by atoms with Gasteiger partial charge in [0.25, 0.3) is 0 Å². The average Bonchev–Trinajstić information content (AvgIpc) is 2.35. The van der Waals surface area contributed by atoms with Crippen molar-refractivity contribution in [2.24, 2.45) is 0 Å². The highest BCUT2D eigenvalue weighted by Gasteiger charge is 2.32. The number of sulfonamides is 1. The van der Waals surface area contributed by atoms with Crippen molar-refractivity contribution in [1.82, 2.24) is 4.31 Å². The molecule has 0 atom stereocenters. The second-order valence-corrected chi connectivity index (χ2v) is 6.53. The van der Waals surface area contributed by atoms with Gasteiger partial charge in [-0.15, -0.1) is 11.6 Å². The van der Waals surface area contributed by atoms with Crippen LogP contribution in [0.3, 0.4) is 0 Å².